The van der Waals surface area contributed by atoms with E-state index in [1.807, 2.05) is 0 Å². The van der Waals surface area contributed by atoms with Crippen molar-refractivity contribution < 1.29 is 27.1 Å². The molecule has 4 nitrogen and oxygen atoms in total. The van der Waals surface area contributed by atoms with E-state index in [0.29, 0.717) is 19.2 Å². The van der Waals surface area contributed by atoms with Crippen LogP contribution in [0.5, 0.6) is 5.75 Å². The van der Waals surface area contributed by atoms with E-state index in [4.69, 9.17) is 39.5 Å². The Kier molecular flexibility index (Phi) is 6.55. The maximum atomic E-state index is 14.5. The number of nitrogens with zero attached hydrogens (tertiary/aromatic N) is 1. The number of amides is 1. The molecule has 2 aromatic rings. The zero-order valence-electron chi connectivity index (χ0n) is 14.8. The van der Waals surface area contributed by atoms with Gasteiger partial charge < -0.3 is 14.6 Å². The van der Waals surface area contributed by atoms with Crippen LogP contribution in [0.2, 0.25) is 5.02 Å². The number of rotatable bonds is 5. The number of nitrogens with one attached hydrogen (secondary N) is 1. The van der Waals surface area contributed by atoms with Crippen molar-refractivity contribution in [2.24, 2.45) is 0 Å². The van der Waals surface area contributed by atoms with Crippen LogP contribution in [-0.2, 0) is 11.0 Å². The highest BCUT2D eigenvalue weighted by Crippen LogP contribution is 2.42. The van der Waals surface area contributed by atoms with Gasteiger partial charge in [-0.15, -0.1) is 0 Å². The average Bonchev–Trinajstić information content (AvgIpc) is 3.30. The molecule has 11 heteroatoms. The fourth-order valence-corrected chi connectivity index (χ4v) is 3.61. The Labute approximate surface area is 178 Å². The first kappa shape index (κ1) is 22.1. The summed E-state index contributed by atoms with van der Waals surface area (Å²) in [5, 5.41) is -0.123. The van der Waals surface area contributed by atoms with Crippen molar-refractivity contribution in [1.29, 1.82) is 0 Å². The average molecular weight is 474 g/mol. The number of carbonyl (C=O) groups is 1. The Morgan fingerprint density at radius 2 is 1.83 bits per heavy atom. The van der Waals surface area contributed by atoms with Crippen molar-refractivity contribution in [2.45, 2.75) is 23.9 Å². The van der Waals surface area contributed by atoms with Gasteiger partial charge in [-0.2, -0.15) is 13.2 Å². The second kappa shape index (κ2) is 8.62. The van der Waals surface area contributed by atoms with Gasteiger partial charge in [-0.25, -0.2) is 4.39 Å². The third-order valence-electron chi connectivity index (χ3n) is 4.49. The van der Waals surface area contributed by atoms with E-state index in [9.17, 15) is 22.4 Å². The van der Waals surface area contributed by atoms with Crippen molar-refractivity contribution >= 4 is 40.7 Å². The minimum atomic E-state index is -4.71. The minimum Gasteiger partial charge on any atom is -0.482 e. The van der Waals surface area contributed by atoms with Crippen LogP contribution >= 0.6 is 34.8 Å². The number of aromatic amines is 1. The molecule has 0 bridgehead atoms. The number of alkyl halides is 5. The molecule has 0 unspecified atom stereocenters. The minimum absolute atomic E-state index is 0.0444. The molecule has 1 fully saturated rings. The van der Waals surface area contributed by atoms with Gasteiger partial charge in [0, 0.05) is 24.2 Å². The second-order valence-corrected chi connectivity index (χ2v) is 7.95. The second-order valence-electron chi connectivity index (χ2n) is 6.45. The summed E-state index contributed by atoms with van der Waals surface area (Å²) in [6, 6.07) is 2.73. The zero-order chi connectivity index (χ0) is 21.3. The first-order chi connectivity index (χ1) is 13.6. The molecule has 0 spiro atoms. The normalized spacial score (nSPS) is 14.7. The molecule has 1 saturated heterocycles. The number of likely N-dealkylation sites (tertiary alicyclic amines) is 1. The van der Waals surface area contributed by atoms with Crippen LogP contribution in [0.15, 0.2) is 18.2 Å². The standard InChI is InChI=1S/C18H15Cl3F4N2O2/c19-11-7-12(22)9(5-13(11)29-8-15(28)27-3-1-2-4-27)10-6-14(18(23,24)25)26-16(10)17(20)21/h5-7,17,26H,1-4,8H2. The predicted molar refractivity (Wildman–Crippen MR) is 102 cm³/mol. The molecule has 1 aromatic heterocycles. The van der Waals surface area contributed by atoms with Gasteiger partial charge in [0.05, 0.1) is 10.7 Å². The molecule has 0 atom stereocenters. The van der Waals surface area contributed by atoms with Crippen molar-refractivity contribution in [3.05, 3.63) is 40.4 Å². The number of ether oxygens (including phenoxy) is 1. The van der Waals surface area contributed by atoms with Crippen molar-refractivity contribution in [3.63, 3.8) is 0 Å². The molecule has 1 aliphatic heterocycles. The molecule has 1 aromatic carbocycles. The molecule has 2 heterocycles. The summed E-state index contributed by atoms with van der Waals surface area (Å²) in [7, 11) is 0. The molecule has 1 amide bonds. The number of H-pyrrole nitrogens is 1. The molecule has 0 aliphatic carbocycles. The van der Waals surface area contributed by atoms with Crippen LogP contribution in [0.4, 0.5) is 17.6 Å². The largest absolute Gasteiger partial charge is 0.482 e. The van der Waals surface area contributed by atoms with E-state index in [0.717, 1.165) is 25.0 Å². The smallest absolute Gasteiger partial charge is 0.431 e. The zero-order valence-corrected chi connectivity index (χ0v) is 17.0. The van der Waals surface area contributed by atoms with Gasteiger partial charge in [0.15, 0.2) is 6.61 Å². The molecular formula is C18H15Cl3F4N2O2. The van der Waals surface area contributed by atoms with Gasteiger partial charge in [0.25, 0.3) is 5.91 Å². The topological polar surface area (TPSA) is 45.3 Å². The van der Waals surface area contributed by atoms with Crippen LogP contribution in [-0.4, -0.2) is 35.5 Å². The van der Waals surface area contributed by atoms with Crippen molar-refractivity contribution in [1.82, 2.24) is 9.88 Å². The highest BCUT2D eigenvalue weighted by molar-refractivity contribution is 6.44. The number of aromatic nitrogens is 1. The first-order valence-electron chi connectivity index (χ1n) is 8.56. The lowest BCUT2D eigenvalue weighted by Crippen LogP contribution is -2.32. The number of halogens is 7. The van der Waals surface area contributed by atoms with Gasteiger partial charge in [0.1, 0.15) is 22.1 Å². The SMILES string of the molecule is O=C(COc1cc(-c2cc(C(F)(F)F)[nH]c2C(Cl)Cl)c(F)cc1Cl)N1CCCC1. The Hall–Kier alpha value is -1.64. The summed E-state index contributed by atoms with van der Waals surface area (Å²) < 4.78 is 59.1. The Bertz CT molecular complexity index is 909. The summed E-state index contributed by atoms with van der Waals surface area (Å²) in [5.41, 5.74) is -1.78. The van der Waals surface area contributed by atoms with E-state index in [-0.39, 0.29) is 40.1 Å². The van der Waals surface area contributed by atoms with Crippen LogP contribution in [0, 0.1) is 5.82 Å². The summed E-state index contributed by atoms with van der Waals surface area (Å²) >= 11 is 17.5. The fraction of sp³-hybridized carbons (Fsp3) is 0.389. The quantitative estimate of drug-likeness (QED) is 0.429. The van der Waals surface area contributed by atoms with Gasteiger partial charge in [-0.1, -0.05) is 34.8 Å². The van der Waals surface area contributed by atoms with Crippen molar-refractivity contribution in [3.8, 4) is 16.9 Å². The maximum absolute atomic E-state index is 14.5. The molecule has 0 saturated carbocycles. The Morgan fingerprint density at radius 1 is 1.17 bits per heavy atom. The third-order valence-corrected chi connectivity index (χ3v) is 5.23. The Balaban J connectivity index is 1.93. The van der Waals surface area contributed by atoms with Crippen LogP contribution in [0.1, 0.15) is 29.1 Å². The highest BCUT2D eigenvalue weighted by atomic mass is 35.5. The van der Waals surface area contributed by atoms with Crippen LogP contribution < -0.4 is 4.74 Å². The number of benzene rings is 1. The predicted octanol–water partition coefficient (Wildman–Crippen LogP) is 5.97. The number of carbonyl (C=O) groups excluding carboxylic acids is 1. The lowest BCUT2D eigenvalue weighted by atomic mass is 10.0. The molecule has 0 radical (unpaired) electrons. The summed E-state index contributed by atoms with van der Waals surface area (Å²) in [6.45, 7) is 0.931. The van der Waals surface area contributed by atoms with Gasteiger partial charge >= 0.3 is 6.18 Å². The summed E-state index contributed by atoms with van der Waals surface area (Å²) in [5.74, 6) is -1.19. The van der Waals surface area contributed by atoms with Gasteiger partial charge in [-0.05, 0) is 31.0 Å². The van der Waals surface area contributed by atoms with E-state index in [1.54, 1.807) is 4.90 Å². The van der Waals surface area contributed by atoms with Gasteiger partial charge in [0.2, 0.25) is 0 Å². The van der Waals surface area contributed by atoms with Crippen molar-refractivity contribution in [2.75, 3.05) is 19.7 Å². The molecule has 1 N–H and O–H groups in total. The number of hydrogen-bond donors (Lipinski definition) is 1. The highest BCUT2D eigenvalue weighted by Gasteiger charge is 2.35. The fourth-order valence-electron chi connectivity index (χ4n) is 3.06. The van der Waals surface area contributed by atoms with E-state index < -0.39 is 22.5 Å². The summed E-state index contributed by atoms with van der Waals surface area (Å²) in [4.78, 5) is 14.5. The molecule has 3 rings (SSSR count). The first-order valence-corrected chi connectivity index (χ1v) is 9.81. The molecule has 1 aliphatic rings. The van der Waals surface area contributed by atoms with E-state index in [1.165, 1.54) is 0 Å². The molecule has 158 valence electrons. The lowest BCUT2D eigenvalue weighted by Gasteiger charge is -2.16. The lowest BCUT2D eigenvalue weighted by molar-refractivity contribution is -0.140. The molecule has 29 heavy (non-hydrogen) atoms. The van der Waals surface area contributed by atoms with E-state index >= 15 is 0 Å². The summed E-state index contributed by atoms with van der Waals surface area (Å²) in [6.07, 6.45) is -2.90. The number of hydrogen-bond acceptors (Lipinski definition) is 2. The van der Waals surface area contributed by atoms with Crippen LogP contribution in [0.25, 0.3) is 11.1 Å². The maximum Gasteiger partial charge on any atom is 0.431 e. The van der Waals surface area contributed by atoms with Crippen LogP contribution in [0.3, 0.4) is 0 Å². The monoisotopic (exact) mass is 472 g/mol. The molecular weight excluding hydrogens is 459 g/mol. The van der Waals surface area contributed by atoms with Gasteiger partial charge in [-0.3, -0.25) is 4.79 Å². The van der Waals surface area contributed by atoms with E-state index in [2.05, 4.69) is 4.98 Å². The Morgan fingerprint density at radius 3 is 2.41 bits per heavy atom. The third kappa shape index (κ3) is 4.92.